The van der Waals surface area contributed by atoms with Gasteiger partial charge in [0.2, 0.25) is 0 Å². The lowest BCUT2D eigenvalue weighted by atomic mass is 10.1. The highest BCUT2D eigenvalue weighted by Gasteiger charge is 2.14. The van der Waals surface area contributed by atoms with Gasteiger partial charge in [0.25, 0.3) is 5.78 Å². The third-order valence-electron chi connectivity index (χ3n) is 4.10. The van der Waals surface area contributed by atoms with E-state index in [1.54, 1.807) is 6.33 Å². The van der Waals surface area contributed by atoms with Crippen molar-refractivity contribution < 1.29 is 0 Å². The van der Waals surface area contributed by atoms with Gasteiger partial charge in [-0.2, -0.15) is 4.98 Å². The smallest absolute Gasteiger partial charge is 0.257 e. The summed E-state index contributed by atoms with van der Waals surface area (Å²) in [6, 6.07) is 16.3. The summed E-state index contributed by atoms with van der Waals surface area (Å²) in [7, 11) is 2.01. The Kier molecular flexibility index (Phi) is 3.79. The fraction of sp³-hybridized carbons (Fsp3) is 0.150. The minimum absolute atomic E-state index is 0.575. The first-order valence-electron chi connectivity index (χ1n) is 8.19. The van der Waals surface area contributed by atoms with Gasteiger partial charge in [-0.05, 0) is 30.3 Å². The highest BCUT2D eigenvalue weighted by atomic mass is 15.3. The molecule has 0 aliphatic carbocycles. The van der Waals surface area contributed by atoms with Gasteiger partial charge in [-0.1, -0.05) is 37.0 Å². The summed E-state index contributed by atoms with van der Waals surface area (Å²) < 4.78 is 1.90. The fourth-order valence-electron chi connectivity index (χ4n) is 2.85. The number of fused-ring (bicyclic) bond motifs is 3. The van der Waals surface area contributed by atoms with E-state index in [-0.39, 0.29) is 0 Å². The lowest BCUT2D eigenvalue weighted by Crippen LogP contribution is -2.12. The van der Waals surface area contributed by atoms with Gasteiger partial charge >= 0.3 is 0 Å². The predicted octanol–water partition coefficient (Wildman–Crippen LogP) is 3.81. The first-order valence-corrected chi connectivity index (χ1v) is 8.19. The van der Waals surface area contributed by atoms with Crippen LogP contribution in [0.15, 0.2) is 54.9 Å². The van der Waals surface area contributed by atoms with E-state index >= 15 is 0 Å². The number of benzene rings is 2. The van der Waals surface area contributed by atoms with Crippen molar-refractivity contribution in [3.63, 3.8) is 0 Å². The number of nitrogens with zero attached hydrogens (tertiary/aromatic N) is 5. The Balaban J connectivity index is 1.97. The van der Waals surface area contributed by atoms with Crippen LogP contribution in [0.2, 0.25) is 0 Å². The van der Waals surface area contributed by atoms with Crippen LogP contribution in [0.25, 0.3) is 16.7 Å². The maximum atomic E-state index is 4.71. The Hall–Kier alpha value is -3.39. The molecule has 2 aromatic carbocycles. The number of hydrogen-bond acceptors (Lipinski definition) is 4. The highest BCUT2D eigenvalue weighted by Crippen LogP contribution is 2.30. The van der Waals surface area contributed by atoms with Crippen LogP contribution in [-0.4, -0.2) is 26.6 Å². The Labute approximate surface area is 145 Å². The lowest BCUT2D eigenvalue weighted by Gasteiger charge is -2.20. The monoisotopic (exact) mass is 327 g/mol. The summed E-state index contributed by atoms with van der Waals surface area (Å²) >= 11 is 0. The number of anilines is 2. The van der Waals surface area contributed by atoms with E-state index in [1.165, 1.54) is 0 Å². The molecule has 0 N–H and O–H groups in total. The van der Waals surface area contributed by atoms with Crippen molar-refractivity contribution in [1.82, 2.24) is 19.6 Å². The van der Waals surface area contributed by atoms with E-state index in [1.807, 2.05) is 42.6 Å². The summed E-state index contributed by atoms with van der Waals surface area (Å²) in [6.07, 6.45) is 2.52. The van der Waals surface area contributed by atoms with E-state index in [9.17, 15) is 0 Å². The number of hydrogen-bond donors (Lipinski definition) is 0. The second-order valence-corrected chi connectivity index (χ2v) is 5.72. The van der Waals surface area contributed by atoms with Gasteiger partial charge in [-0.3, -0.25) is 4.40 Å². The lowest BCUT2D eigenvalue weighted by molar-refractivity contribution is 1.08. The maximum Gasteiger partial charge on any atom is 0.257 e. The van der Waals surface area contributed by atoms with E-state index in [0.717, 1.165) is 34.4 Å². The highest BCUT2D eigenvalue weighted by molar-refractivity contribution is 5.94. The molecular formula is C20H17N5. The van der Waals surface area contributed by atoms with Crippen molar-refractivity contribution in [2.24, 2.45) is 0 Å². The molecule has 0 saturated carbocycles. The van der Waals surface area contributed by atoms with Gasteiger partial charge < -0.3 is 4.90 Å². The maximum absolute atomic E-state index is 4.71. The number of aromatic nitrogens is 4. The van der Waals surface area contributed by atoms with Gasteiger partial charge in [0, 0.05) is 30.1 Å². The zero-order valence-electron chi connectivity index (χ0n) is 14.1. The van der Waals surface area contributed by atoms with Crippen LogP contribution in [-0.2, 0) is 0 Å². The van der Waals surface area contributed by atoms with Crippen LogP contribution in [0.4, 0.5) is 11.5 Å². The molecule has 5 nitrogen and oxygen atoms in total. The summed E-state index contributed by atoms with van der Waals surface area (Å²) in [5, 5.41) is 9.18. The molecule has 2 heterocycles. The zero-order chi connectivity index (χ0) is 17.2. The van der Waals surface area contributed by atoms with Gasteiger partial charge in [0.05, 0.1) is 5.52 Å². The standard InChI is InChI=1S/C20H17N5/c1-3-4-8-15-11-12-17-18(13-15)25-14-21-23-20(25)22-19(17)24(2)16-9-6-5-7-10-16/h5-7,9-14H,3H2,1-2H3. The summed E-state index contributed by atoms with van der Waals surface area (Å²) in [5.41, 5.74) is 3.04. The second-order valence-electron chi connectivity index (χ2n) is 5.72. The van der Waals surface area contributed by atoms with Crippen molar-refractivity contribution in [1.29, 1.82) is 0 Å². The van der Waals surface area contributed by atoms with Crippen LogP contribution in [0.1, 0.15) is 18.9 Å². The molecule has 0 aliphatic heterocycles. The Morgan fingerprint density at radius 2 is 1.96 bits per heavy atom. The van der Waals surface area contributed by atoms with Gasteiger partial charge in [-0.15, -0.1) is 10.2 Å². The van der Waals surface area contributed by atoms with Crippen LogP contribution in [0, 0.1) is 11.8 Å². The molecule has 122 valence electrons. The van der Waals surface area contributed by atoms with E-state index in [2.05, 4.69) is 51.2 Å². The average molecular weight is 327 g/mol. The number of para-hydroxylation sites is 1. The molecule has 25 heavy (non-hydrogen) atoms. The Bertz CT molecular complexity index is 1100. The zero-order valence-corrected chi connectivity index (χ0v) is 14.1. The SMILES string of the molecule is CCC#Cc1ccc2c(N(C)c3ccccc3)nc3nncn3c2c1. The molecule has 0 fully saturated rings. The van der Waals surface area contributed by atoms with Crippen molar-refractivity contribution >= 4 is 28.2 Å². The van der Waals surface area contributed by atoms with Crippen LogP contribution >= 0.6 is 0 Å². The largest absolute Gasteiger partial charge is 0.329 e. The molecule has 0 radical (unpaired) electrons. The summed E-state index contributed by atoms with van der Waals surface area (Å²) in [6.45, 7) is 2.04. The number of rotatable bonds is 2. The Morgan fingerprint density at radius 3 is 2.76 bits per heavy atom. The van der Waals surface area contributed by atoms with Crippen molar-refractivity contribution in [3.8, 4) is 11.8 Å². The van der Waals surface area contributed by atoms with Crippen molar-refractivity contribution in [3.05, 3.63) is 60.4 Å². The first kappa shape index (κ1) is 15.2. The second kappa shape index (κ2) is 6.25. The van der Waals surface area contributed by atoms with E-state index < -0.39 is 0 Å². The molecule has 4 aromatic rings. The molecule has 0 spiro atoms. The molecule has 5 heteroatoms. The minimum atomic E-state index is 0.575. The normalized spacial score (nSPS) is 10.6. The van der Waals surface area contributed by atoms with Crippen LogP contribution in [0.5, 0.6) is 0 Å². The topological polar surface area (TPSA) is 46.3 Å². The summed E-state index contributed by atoms with van der Waals surface area (Å²) in [4.78, 5) is 6.77. The molecule has 0 atom stereocenters. The van der Waals surface area contributed by atoms with Crippen LogP contribution < -0.4 is 4.90 Å². The van der Waals surface area contributed by atoms with Crippen molar-refractivity contribution in [2.75, 3.05) is 11.9 Å². The third kappa shape index (κ3) is 2.68. The van der Waals surface area contributed by atoms with Gasteiger partial charge in [-0.25, -0.2) is 0 Å². The van der Waals surface area contributed by atoms with Crippen LogP contribution in [0.3, 0.4) is 0 Å². The van der Waals surface area contributed by atoms with Gasteiger partial charge in [0.1, 0.15) is 12.1 Å². The molecule has 0 amide bonds. The minimum Gasteiger partial charge on any atom is -0.329 e. The molecule has 0 bridgehead atoms. The van der Waals surface area contributed by atoms with E-state index in [0.29, 0.717) is 5.78 Å². The molecule has 4 rings (SSSR count). The van der Waals surface area contributed by atoms with E-state index in [4.69, 9.17) is 4.98 Å². The van der Waals surface area contributed by atoms with Gasteiger partial charge in [0.15, 0.2) is 0 Å². The molecule has 2 aromatic heterocycles. The average Bonchev–Trinajstić information content (AvgIpc) is 3.14. The first-order chi connectivity index (χ1) is 12.3. The van der Waals surface area contributed by atoms with Crippen molar-refractivity contribution in [2.45, 2.75) is 13.3 Å². The predicted molar refractivity (Wildman–Crippen MR) is 100.0 cm³/mol. The molecular weight excluding hydrogens is 310 g/mol. The molecule has 0 aliphatic rings. The third-order valence-corrected chi connectivity index (χ3v) is 4.10. The molecule has 0 saturated heterocycles. The Morgan fingerprint density at radius 1 is 1.12 bits per heavy atom. The molecule has 0 unspecified atom stereocenters. The fourth-order valence-corrected chi connectivity index (χ4v) is 2.85. The summed E-state index contributed by atoms with van der Waals surface area (Å²) in [5.74, 6) is 7.72. The quantitative estimate of drug-likeness (QED) is 0.525.